The largest absolute Gasteiger partial charge is 0.478 e. The van der Waals surface area contributed by atoms with Crippen LogP contribution in [0.1, 0.15) is 45.5 Å². The van der Waals surface area contributed by atoms with Gasteiger partial charge in [0.2, 0.25) is 0 Å². The van der Waals surface area contributed by atoms with E-state index in [0.717, 1.165) is 0 Å². The van der Waals surface area contributed by atoms with Crippen molar-refractivity contribution in [1.29, 1.82) is 0 Å². The third kappa shape index (κ3) is 27.9. The lowest BCUT2D eigenvalue weighted by Gasteiger charge is -2.12. The van der Waals surface area contributed by atoms with E-state index in [1.165, 1.54) is 12.1 Å². The Morgan fingerprint density at radius 3 is 1.23 bits per heavy atom. The first kappa shape index (κ1) is 54.2. The van der Waals surface area contributed by atoms with Crippen molar-refractivity contribution in [1.82, 2.24) is 10.4 Å². The van der Waals surface area contributed by atoms with E-state index in [4.69, 9.17) is 61.7 Å². The van der Waals surface area contributed by atoms with Crippen LogP contribution in [0.4, 0.5) is 0 Å². The summed E-state index contributed by atoms with van der Waals surface area (Å²) in [7, 11) is 0. The highest BCUT2D eigenvalue weighted by atomic mass is 16.7. The molecule has 352 valence electrons. The van der Waals surface area contributed by atoms with Gasteiger partial charge in [-0.15, -0.1) is 5.06 Å². The van der Waals surface area contributed by atoms with Gasteiger partial charge in [-0.2, -0.15) is 0 Å². The number of carboxylic acids is 1. The number of carbonyl (C=O) groups is 5. The Hall–Kier alpha value is -3.97. The van der Waals surface area contributed by atoms with Gasteiger partial charge in [0.1, 0.15) is 0 Å². The van der Waals surface area contributed by atoms with Crippen molar-refractivity contribution in [2.45, 2.75) is 19.3 Å². The van der Waals surface area contributed by atoms with Crippen LogP contribution in [0.15, 0.2) is 24.8 Å². The third-order valence-electron chi connectivity index (χ3n) is 8.04. The van der Waals surface area contributed by atoms with Crippen LogP contribution in [0.5, 0.6) is 0 Å². The highest BCUT2D eigenvalue weighted by Gasteiger charge is 2.32. The van der Waals surface area contributed by atoms with Crippen molar-refractivity contribution in [2.24, 2.45) is 0 Å². The quantitative estimate of drug-likeness (QED) is 0.0685. The van der Waals surface area contributed by atoms with Gasteiger partial charge in [0.05, 0.1) is 171 Å². The highest BCUT2D eigenvalue weighted by Crippen LogP contribution is 2.14. The monoisotopic (exact) mass is 888 g/mol. The number of carbonyl (C=O) groups excluding carboxylic acids is 4. The molecule has 0 unspecified atom stereocenters. The fourth-order valence-electron chi connectivity index (χ4n) is 4.88. The minimum atomic E-state index is -1.13. The molecule has 0 bridgehead atoms. The SMILES string of the molecule is C=Cc1ccc(C(=O)NCCOCCOCCOCCOCCOCCOCCOCCOCCOCCOCCOCCOCCC(=O)ON2C(=O)CCC2=O)cc1C(=O)O. The smallest absolute Gasteiger partial charge is 0.336 e. The maximum atomic E-state index is 12.3. The number of hydrogen-bond donors (Lipinski definition) is 2. The topological polar surface area (TPSA) is 241 Å². The van der Waals surface area contributed by atoms with Gasteiger partial charge in [-0.05, 0) is 17.7 Å². The van der Waals surface area contributed by atoms with Gasteiger partial charge < -0.3 is 72.1 Å². The van der Waals surface area contributed by atoms with Gasteiger partial charge in [-0.25, -0.2) is 9.59 Å². The van der Waals surface area contributed by atoms with Crippen LogP contribution in [0.3, 0.4) is 0 Å². The average Bonchev–Trinajstić information content (AvgIpc) is 3.58. The third-order valence-corrected chi connectivity index (χ3v) is 8.04. The Labute approximate surface area is 362 Å². The average molecular weight is 889 g/mol. The minimum Gasteiger partial charge on any atom is -0.478 e. The lowest BCUT2D eigenvalue weighted by molar-refractivity contribution is -0.198. The summed E-state index contributed by atoms with van der Waals surface area (Å²) in [6.07, 6.45) is 1.45. The van der Waals surface area contributed by atoms with Gasteiger partial charge in [0, 0.05) is 24.9 Å². The Kier molecular flexibility index (Phi) is 32.8. The van der Waals surface area contributed by atoms with E-state index in [2.05, 4.69) is 11.9 Å². The summed E-state index contributed by atoms with van der Waals surface area (Å²) in [6.45, 7) is 13.4. The van der Waals surface area contributed by atoms with Crippen molar-refractivity contribution in [3.8, 4) is 0 Å². The molecule has 1 aromatic carbocycles. The van der Waals surface area contributed by atoms with Crippen LogP contribution in [-0.2, 0) is 76.1 Å². The number of nitrogens with zero attached hydrogens (tertiary/aromatic N) is 1. The number of imide groups is 1. The molecule has 21 heteroatoms. The van der Waals surface area contributed by atoms with Crippen LogP contribution >= 0.6 is 0 Å². The number of nitrogens with one attached hydrogen (secondary N) is 1. The van der Waals surface area contributed by atoms with Crippen molar-refractivity contribution in [3.05, 3.63) is 41.5 Å². The number of ether oxygens (including phenoxy) is 12. The van der Waals surface area contributed by atoms with Gasteiger partial charge in [-0.3, -0.25) is 14.4 Å². The molecule has 3 amide bonds. The number of aromatic carboxylic acids is 1. The first-order valence-electron chi connectivity index (χ1n) is 20.6. The molecule has 0 aromatic heterocycles. The van der Waals surface area contributed by atoms with E-state index in [1.54, 1.807) is 12.1 Å². The van der Waals surface area contributed by atoms with Crippen molar-refractivity contribution >= 4 is 35.7 Å². The summed E-state index contributed by atoms with van der Waals surface area (Å²) >= 11 is 0. The van der Waals surface area contributed by atoms with E-state index in [-0.39, 0.29) is 62.7 Å². The van der Waals surface area contributed by atoms with Crippen molar-refractivity contribution < 1.29 is 90.8 Å². The van der Waals surface area contributed by atoms with E-state index in [1.807, 2.05) is 0 Å². The molecule has 1 fully saturated rings. The Bertz CT molecular complexity index is 1380. The Morgan fingerprint density at radius 2 is 0.887 bits per heavy atom. The molecule has 2 rings (SSSR count). The normalized spacial score (nSPS) is 12.6. The van der Waals surface area contributed by atoms with E-state index in [0.29, 0.717) is 149 Å². The van der Waals surface area contributed by atoms with E-state index in [9.17, 15) is 29.1 Å². The second-order valence-corrected chi connectivity index (χ2v) is 12.7. The van der Waals surface area contributed by atoms with E-state index < -0.39 is 23.8 Å². The fraction of sp³-hybridized carbons (Fsp3) is 0.683. The van der Waals surface area contributed by atoms with Gasteiger partial charge in [0.25, 0.3) is 17.7 Å². The van der Waals surface area contributed by atoms with Crippen LogP contribution < -0.4 is 5.32 Å². The Morgan fingerprint density at radius 1 is 0.548 bits per heavy atom. The molecule has 0 spiro atoms. The van der Waals surface area contributed by atoms with Crippen molar-refractivity contribution in [3.63, 3.8) is 0 Å². The van der Waals surface area contributed by atoms with Gasteiger partial charge >= 0.3 is 11.9 Å². The maximum Gasteiger partial charge on any atom is 0.336 e. The summed E-state index contributed by atoms with van der Waals surface area (Å²) in [5, 5.41) is 12.5. The molecule has 1 aliphatic rings. The number of hydroxylamine groups is 2. The van der Waals surface area contributed by atoms with Gasteiger partial charge in [0.15, 0.2) is 0 Å². The minimum absolute atomic E-state index is 0.0174. The molecule has 1 aliphatic heterocycles. The zero-order valence-electron chi connectivity index (χ0n) is 35.6. The van der Waals surface area contributed by atoms with Gasteiger partial charge in [-0.1, -0.05) is 18.7 Å². The standard InChI is InChI=1S/C41H64N2O19/c1-2-34-3-4-35(33-36(34)41(48)49)40(47)42-8-10-51-12-14-53-16-18-55-20-22-57-24-26-59-28-30-61-32-31-60-29-27-58-25-23-56-21-19-54-17-15-52-13-11-50-9-7-39(46)62-43-37(44)5-6-38(43)45/h2-4,33H,1,5-32H2,(H,42,47)(H,48,49). The molecule has 1 aromatic rings. The predicted molar refractivity (Wildman–Crippen MR) is 217 cm³/mol. The lowest BCUT2D eigenvalue weighted by Crippen LogP contribution is -2.32. The molecule has 0 radical (unpaired) electrons. The highest BCUT2D eigenvalue weighted by molar-refractivity contribution is 6.01. The van der Waals surface area contributed by atoms with Crippen LogP contribution in [-0.4, -0.2) is 205 Å². The fourth-order valence-corrected chi connectivity index (χ4v) is 4.88. The zero-order chi connectivity index (χ0) is 44.7. The molecule has 1 heterocycles. The number of carboxylic acid groups (broad SMARTS) is 1. The molecular formula is C41H64N2O19. The summed E-state index contributed by atoms with van der Waals surface area (Å²) in [4.78, 5) is 62.9. The summed E-state index contributed by atoms with van der Waals surface area (Å²) in [5.74, 6) is -3.26. The number of benzene rings is 1. The first-order chi connectivity index (χ1) is 30.3. The Balaban J connectivity index is 1.17. The molecule has 21 nitrogen and oxygen atoms in total. The number of amides is 3. The summed E-state index contributed by atoms with van der Waals surface area (Å²) in [6, 6.07) is 4.41. The lowest BCUT2D eigenvalue weighted by atomic mass is 10.0. The zero-order valence-corrected chi connectivity index (χ0v) is 35.6. The molecule has 1 saturated heterocycles. The maximum absolute atomic E-state index is 12.3. The molecule has 0 saturated carbocycles. The predicted octanol–water partition coefficient (Wildman–Crippen LogP) is 0.954. The van der Waals surface area contributed by atoms with Crippen molar-refractivity contribution in [2.75, 3.05) is 165 Å². The molecule has 0 atom stereocenters. The summed E-state index contributed by atoms with van der Waals surface area (Å²) in [5.41, 5.74) is 0.709. The number of rotatable bonds is 43. The summed E-state index contributed by atoms with van der Waals surface area (Å²) < 4.78 is 65.3. The molecular weight excluding hydrogens is 824 g/mol. The molecule has 62 heavy (non-hydrogen) atoms. The number of hydrogen-bond acceptors (Lipinski definition) is 18. The van der Waals surface area contributed by atoms with Crippen LogP contribution in [0.25, 0.3) is 6.08 Å². The van der Waals surface area contributed by atoms with Crippen LogP contribution in [0.2, 0.25) is 0 Å². The molecule has 0 aliphatic carbocycles. The molecule has 2 N–H and O–H groups in total. The second-order valence-electron chi connectivity index (χ2n) is 12.7. The first-order valence-corrected chi connectivity index (χ1v) is 20.6. The van der Waals surface area contributed by atoms with E-state index >= 15 is 0 Å². The van der Waals surface area contributed by atoms with Crippen LogP contribution in [0, 0.1) is 0 Å². The second kappa shape index (κ2) is 37.6.